The predicted molar refractivity (Wildman–Crippen MR) is 127 cm³/mol. The van der Waals surface area contributed by atoms with Gasteiger partial charge >= 0.3 is 6.01 Å². The number of rotatable bonds is 10. The van der Waals surface area contributed by atoms with Gasteiger partial charge in [0.1, 0.15) is 12.4 Å². The number of aromatic nitrogens is 3. The number of nitrogens with one attached hydrogen (secondary N) is 3. The minimum Gasteiger partial charge on any atom is -0.508 e. The molecule has 1 aliphatic rings. The fraction of sp³-hybridized carbons (Fsp3) is 0.375. The molecule has 34 heavy (non-hydrogen) atoms. The smallest absolute Gasteiger partial charge is 0.323 e. The van der Waals surface area contributed by atoms with Crippen molar-refractivity contribution in [1.29, 1.82) is 0 Å². The molecule has 4 N–H and O–H groups in total. The largest absolute Gasteiger partial charge is 0.508 e. The van der Waals surface area contributed by atoms with Crippen LogP contribution in [0.5, 0.6) is 17.5 Å². The maximum absolute atomic E-state index is 14.2. The average Bonchev–Trinajstić information content (AvgIpc) is 3.37. The van der Waals surface area contributed by atoms with E-state index < -0.39 is 5.82 Å². The molecule has 9 nitrogen and oxygen atoms in total. The van der Waals surface area contributed by atoms with Gasteiger partial charge in [0.2, 0.25) is 11.9 Å². The van der Waals surface area contributed by atoms with Gasteiger partial charge < -0.3 is 30.5 Å². The zero-order valence-electron chi connectivity index (χ0n) is 19.2. The van der Waals surface area contributed by atoms with Crippen molar-refractivity contribution in [2.24, 2.45) is 0 Å². The molecular weight excluding hydrogens is 439 g/mol. The number of nitrogens with zero attached hydrogens (tertiary/aromatic N) is 3. The first kappa shape index (κ1) is 23.5. The van der Waals surface area contributed by atoms with Gasteiger partial charge in [0, 0.05) is 23.8 Å². The second-order valence-corrected chi connectivity index (χ2v) is 8.06. The molecule has 2 heterocycles. The molecule has 0 bridgehead atoms. The maximum Gasteiger partial charge on any atom is 0.323 e. The summed E-state index contributed by atoms with van der Waals surface area (Å²) in [5.41, 5.74) is 1.31. The van der Waals surface area contributed by atoms with Crippen molar-refractivity contribution in [1.82, 2.24) is 20.3 Å². The van der Waals surface area contributed by atoms with Gasteiger partial charge in [0.25, 0.3) is 0 Å². The van der Waals surface area contributed by atoms with Crippen LogP contribution in [0.15, 0.2) is 42.5 Å². The molecule has 1 fully saturated rings. The van der Waals surface area contributed by atoms with E-state index >= 15 is 0 Å². The van der Waals surface area contributed by atoms with E-state index in [4.69, 9.17) is 9.47 Å². The monoisotopic (exact) mass is 468 g/mol. The summed E-state index contributed by atoms with van der Waals surface area (Å²) < 4.78 is 25.0. The highest BCUT2D eigenvalue weighted by Crippen LogP contribution is 2.24. The van der Waals surface area contributed by atoms with Gasteiger partial charge in [0.05, 0.1) is 7.11 Å². The van der Waals surface area contributed by atoms with Crippen LogP contribution in [0.4, 0.5) is 22.0 Å². The number of ether oxygens (including phenoxy) is 2. The molecule has 1 aromatic heterocycles. The Morgan fingerprint density at radius 2 is 1.94 bits per heavy atom. The molecule has 0 radical (unpaired) electrons. The predicted octanol–water partition coefficient (Wildman–Crippen LogP) is 3.99. The lowest BCUT2D eigenvalue weighted by Crippen LogP contribution is -2.40. The summed E-state index contributed by atoms with van der Waals surface area (Å²) in [6.07, 6.45) is 3.10. The first-order valence-electron chi connectivity index (χ1n) is 11.3. The topological polar surface area (TPSA) is 113 Å². The summed E-state index contributed by atoms with van der Waals surface area (Å²) in [7, 11) is 1.41. The van der Waals surface area contributed by atoms with Crippen molar-refractivity contribution >= 4 is 17.6 Å². The van der Waals surface area contributed by atoms with Crippen LogP contribution >= 0.6 is 0 Å². The normalized spacial score (nSPS) is 16.1. The summed E-state index contributed by atoms with van der Waals surface area (Å²) in [4.78, 5) is 13.3. The molecule has 1 aliphatic heterocycles. The van der Waals surface area contributed by atoms with Crippen LogP contribution in [0.2, 0.25) is 0 Å². The molecule has 2 unspecified atom stereocenters. The Bertz CT molecular complexity index is 1090. The van der Waals surface area contributed by atoms with Crippen molar-refractivity contribution < 1.29 is 19.0 Å². The van der Waals surface area contributed by atoms with E-state index in [1.54, 1.807) is 30.3 Å². The maximum atomic E-state index is 14.2. The zero-order valence-corrected chi connectivity index (χ0v) is 19.2. The van der Waals surface area contributed by atoms with E-state index in [2.05, 4.69) is 37.8 Å². The molecular formula is C24H29FN6O3. The molecule has 180 valence electrons. The second kappa shape index (κ2) is 11.0. The van der Waals surface area contributed by atoms with E-state index in [0.29, 0.717) is 17.7 Å². The lowest BCUT2D eigenvalue weighted by atomic mass is 10.0. The highest BCUT2D eigenvalue weighted by molar-refractivity contribution is 5.56. The lowest BCUT2D eigenvalue weighted by molar-refractivity contribution is 0.280. The van der Waals surface area contributed by atoms with E-state index in [0.717, 1.165) is 31.4 Å². The van der Waals surface area contributed by atoms with Gasteiger partial charge in [-0.05, 0) is 55.6 Å². The van der Waals surface area contributed by atoms with Gasteiger partial charge in [-0.1, -0.05) is 19.1 Å². The fourth-order valence-electron chi connectivity index (χ4n) is 3.86. The van der Waals surface area contributed by atoms with Crippen LogP contribution in [0.25, 0.3) is 0 Å². The number of methoxy groups -OCH3 is 1. The van der Waals surface area contributed by atoms with Crippen molar-refractivity contribution in [3.05, 3.63) is 53.8 Å². The number of aromatic hydroxyl groups is 1. The van der Waals surface area contributed by atoms with E-state index in [1.165, 1.54) is 19.2 Å². The van der Waals surface area contributed by atoms with Gasteiger partial charge in [0.15, 0.2) is 11.6 Å². The number of phenolic OH excluding ortho intramolecular Hbond substituents is 1. The summed E-state index contributed by atoms with van der Waals surface area (Å²) >= 11 is 0. The van der Waals surface area contributed by atoms with Crippen molar-refractivity contribution in [2.45, 2.75) is 44.9 Å². The second-order valence-electron chi connectivity index (χ2n) is 8.06. The molecule has 4 rings (SSSR count). The standard InChI is InChI=1S/C24H29FN6O3/c1-3-19(20-5-4-12-26-20)28-23-29-22(27-16-8-11-21(33-2)18(25)13-16)30-24(31-23)34-14-15-6-9-17(32)10-7-15/h6-11,13,19-20,26,32H,3-5,12,14H2,1-2H3,(H2,27,28,29,30,31). The van der Waals surface area contributed by atoms with Crippen LogP contribution < -0.4 is 25.4 Å². The van der Waals surface area contributed by atoms with Gasteiger partial charge in [-0.15, -0.1) is 0 Å². The van der Waals surface area contributed by atoms with Crippen molar-refractivity contribution in [2.75, 3.05) is 24.3 Å². The molecule has 10 heteroatoms. The third-order valence-electron chi connectivity index (χ3n) is 5.67. The average molecular weight is 469 g/mol. The molecule has 0 amide bonds. The molecule has 2 atom stereocenters. The van der Waals surface area contributed by atoms with E-state index in [-0.39, 0.29) is 36.1 Å². The molecule has 0 aliphatic carbocycles. The number of anilines is 3. The summed E-state index contributed by atoms with van der Waals surface area (Å²) in [5.74, 6) is 0.419. The number of phenols is 1. The molecule has 1 saturated heterocycles. The Morgan fingerprint density at radius 3 is 2.62 bits per heavy atom. The van der Waals surface area contributed by atoms with Gasteiger partial charge in [-0.2, -0.15) is 15.0 Å². The first-order valence-corrected chi connectivity index (χ1v) is 11.3. The molecule has 3 aromatic rings. The van der Waals surface area contributed by atoms with E-state index in [1.807, 2.05) is 0 Å². The Kier molecular flexibility index (Phi) is 7.58. The van der Waals surface area contributed by atoms with Crippen molar-refractivity contribution in [3.8, 4) is 17.5 Å². The Balaban J connectivity index is 1.56. The number of hydrogen-bond acceptors (Lipinski definition) is 9. The third-order valence-corrected chi connectivity index (χ3v) is 5.67. The molecule has 0 saturated carbocycles. The number of halogens is 1. The number of benzene rings is 2. The van der Waals surface area contributed by atoms with Crippen molar-refractivity contribution in [3.63, 3.8) is 0 Å². The van der Waals surface area contributed by atoms with Crippen LogP contribution in [-0.4, -0.2) is 45.8 Å². The first-order chi connectivity index (χ1) is 16.5. The third kappa shape index (κ3) is 6.02. The molecule has 2 aromatic carbocycles. The highest BCUT2D eigenvalue weighted by atomic mass is 19.1. The van der Waals surface area contributed by atoms with Gasteiger partial charge in [-0.3, -0.25) is 0 Å². The minimum absolute atomic E-state index is 0.122. The lowest BCUT2D eigenvalue weighted by Gasteiger charge is -2.24. The highest BCUT2D eigenvalue weighted by Gasteiger charge is 2.24. The van der Waals surface area contributed by atoms with Gasteiger partial charge in [-0.25, -0.2) is 4.39 Å². The number of hydrogen-bond donors (Lipinski definition) is 4. The Labute approximate surface area is 197 Å². The summed E-state index contributed by atoms with van der Waals surface area (Å²) in [6.45, 7) is 3.32. The minimum atomic E-state index is -0.498. The van der Waals surface area contributed by atoms with Crippen LogP contribution in [0, 0.1) is 5.82 Å². The SMILES string of the molecule is CCC(Nc1nc(Nc2ccc(OC)c(F)c2)nc(OCc2ccc(O)cc2)n1)C1CCCN1. The van der Waals surface area contributed by atoms with Crippen LogP contribution in [-0.2, 0) is 6.61 Å². The summed E-state index contributed by atoms with van der Waals surface area (Å²) in [6, 6.07) is 11.8. The van der Waals surface area contributed by atoms with Crippen LogP contribution in [0.1, 0.15) is 31.7 Å². The van der Waals surface area contributed by atoms with Crippen LogP contribution in [0.3, 0.4) is 0 Å². The quantitative estimate of drug-likeness (QED) is 0.351. The fourth-order valence-corrected chi connectivity index (χ4v) is 3.86. The Morgan fingerprint density at radius 1 is 1.15 bits per heavy atom. The summed E-state index contributed by atoms with van der Waals surface area (Å²) in [5, 5.41) is 19.4. The molecule has 0 spiro atoms. The Hall–Kier alpha value is -3.66. The zero-order chi connectivity index (χ0) is 23.9. The van der Waals surface area contributed by atoms with E-state index in [9.17, 15) is 9.50 Å².